The van der Waals surface area contributed by atoms with E-state index in [1.165, 1.54) is 5.69 Å². The molecule has 6 heteroatoms. The van der Waals surface area contributed by atoms with Crippen LogP contribution in [0.2, 0.25) is 0 Å². The fourth-order valence-corrected chi connectivity index (χ4v) is 3.57. The van der Waals surface area contributed by atoms with E-state index in [4.69, 9.17) is 4.74 Å². The summed E-state index contributed by atoms with van der Waals surface area (Å²) in [5, 5.41) is 3.14. The Bertz CT molecular complexity index is 546. The fourth-order valence-electron chi connectivity index (χ4n) is 3.57. The zero-order valence-corrected chi connectivity index (χ0v) is 15.4. The van der Waals surface area contributed by atoms with Crippen LogP contribution >= 0.6 is 0 Å². The van der Waals surface area contributed by atoms with Crippen LogP contribution in [0.15, 0.2) is 30.3 Å². The van der Waals surface area contributed by atoms with Crippen LogP contribution in [-0.4, -0.2) is 80.4 Å². The number of carbonyl (C=O) groups excluding carboxylic acids is 1. The van der Waals surface area contributed by atoms with E-state index < -0.39 is 0 Å². The van der Waals surface area contributed by atoms with Gasteiger partial charge in [-0.15, -0.1) is 0 Å². The predicted molar refractivity (Wildman–Crippen MR) is 100 cm³/mol. The topological polar surface area (TPSA) is 48.0 Å². The van der Waals surface area contributed by atoms with E-state index >= 15 is 0 Å². The largest absolute Gasteiger partial charge is 0.375 e. The molecule has 2 aliphatic heterocycles. The van der Waals surface area contributed by atoms with E-state index in [0.29, 0.717) is 19.7 Å². The average Bonchev–Trinajstić information content (AvgIpc) is 2.63. The second-order valence-corrected chi connectivity index (χ2v) is 7.10. The van der Waals surface area contributed by atoms with Gasteiger partial charge >= 0.3 is 6.03 Å². The van der Waals surface area contributed by atoms with Gasteiger partial charge in [-0.2, -0.15) is 0 Å². The summed E-state index contributed by atoms with van der Waals surface area (Å²) in [5.74, 6) is 0. The molecule has 1 aromatic carbocycles. The summed E-state index contributed by atoms with van der Waals surface area (Å²) in [6.07, 6.45) is 0.126. The molecular formula is C19H30N4O2. The van der Waals surface area contributed by atoms with Crippen molar-refractivity contribution in [3.8, 4) is 0 Å². The molecule has 0 spiro atoms. The highest BCUT2D eigenvalue weighted by molar-refractivity contribution is 5.74. The van der Waals surface area contributed by atoms with Gasteiger partial charge in [0.2, 0.25) is 0 Å². The standard InChI is InChI=1S/C19H30N4O2/c1-16(20-19(24)23-12-13-25-17(2)15-23)14-21-8-10-22(11-9-21)18-6-4-3-5-7-18/h3-7,16-17H,8-15H2,1-2H3,(H,20,24)/t16-,17-/m0/s1. The zero-order chi connectivity index (χ0) is 17.6. The molecule has 2 aliphatic rings. The molecule has 2 heterocycles. The van der Waals surface area contributed by atoms with Crippen molar-refractivity contribution in [2.45, 2.75) is 26.0 Å². The highest BCUT2D eigenvalue weighted by Crippen LogP contribution is 2.15. The molecule has 0 aliphatic carbocycles. The number of para-hydroxylation sites is 1. The number of morpholine rings is 1. The number of nitrogens with one attached hydrogen (secondary N) is 1. The van der Waals surface area contributed by atoms with E-state index in [2.05, 4.69) is 52.4 Å². The van der Waals surface area contributed by atoms with Crippen LogP contribution in [0.4, 0.5) is 10.5 Å². The molecular weight excluding hydrogens is 316 g/mol. The second kappa shape index (κ2) is 8.54. The first kappa shape index (κ1) is 18.0. The van der Waals surface area contributed by atoms with Crippen LogP contribution in [0.1, 0.15) is 13.8 Å². The quantitative estimate of drug-likeness (QED) is 0.900. The van der Waals surface area contributed by atoms with E-state index in [0.717, 1.165) is 32.7 Å². The fraction of sp³-hybridized carbons (Fsp3) is 0.632. The Morgan fingerprint density at radius 1 is 1.20 bits per heavy atom. The Morgan fingerprint density at radius 3 is 2.60 bits per heavy atom. The SMILES string of the molecule is C[C@@H](CN1CCN(c2ccccc2)CC1)NC(=O)N1CCO[C@@H](C)C1. The summed E-state index contributed by atoms with van der Waals surface area (Å²) in [6, 6.07) is 10.8. The molecule has 0 bridgehead atoms. The smallest absolute Gasteiger partial charge is 0.317 e. The summed E-state index contributed by atoms with van der Waals surface area (Å²) >= 11 is 0. The Balaban J connectivity index is 1.40. The molecule has 0 unspecified atom stereocenters. The van der Waals surface area contributed by atoms with Gasteiger partial charge in [0, 0.05) is 57.5 Å². The number of amides is 2. The first-order chi connectivity index (χ1) is 12.1. The minimum absolute atomic E-state index is 0.0329. The number of piperazine rings is 1. The van der Waals surface area contributed by atoms with Crippen LogP contribution < -0.4 is 10.2 Å². The average molecular weight is 346 g/mol. The van der Waals surface area contributed by atoms with Gasteiger partial charge in [0.05, 0.1) is 12.7 Å². The van der Waals surface area contributed by atoms with Crippen LogP contribution in [0, 0.1) is 0 Å². The van der Waals surface area contributed by atoms with Gasteiger partial charge in [-0.1, -0.05) is 18.2 Å². The normalized spacial score (nSPS) is 23.4. The molecule has 3 rings (SSSR count). The number of hydrogen-bond donors (Lipinski definition) is 1. The lowest BCUT2D eigenvalue weighted by molar-refractivity contribution is -0.00394. The molecule has 2 fully saturated rings. The van der Waals surface area contributed by atoms with Gasteiger partial charge < -0.3 is 19.9 Å². The number of nitrogens with zero attached hydrogens (tertiary/aromatic N) is 3. The number of urea groups is 1. The van der Waals surface area contributed by atoms with Crippen molar-refractivity contribution < 1.29 is 9.53 Å². The maximum Gasteiger partial charge on any atom is 0.317 e. The Labute approximate surface area is 150 Å². The number of rotatable bonds is 4. The van der Waals surface area contributed by atoms with Crippen LogP contribution in [0.25, 0.3) is 0 Å². The molecule has 2 saturated heterocycles. The number of benzene rings is 1. The minimum Gasteiger partial charge on any atom is -0.375 e. The van der Waals surface area contributed by atoms with Crippen LogP contribution in [0.3, 0.4) is 0 Å². The highest BCUT2D eigenvalue weighted by Gasteiger charge is 2.24. The third-order valence-electron chi connectivity index (χ3n) is 4.92. The molecule has 6 nitrogen and oxygen atoms in total. The van der Waals surface area contributed by atoms with Gasteiger partial charge in [-0.25, -0.2) is 4.79 Å². The van der Waals surface area contributed by atoms with Crippen LogP contribution in [0.5, 0.6) is 0 Å². The molecule has 25 heavy (non-hydrogen) atoms. The third kappa shape index (κ3) is 5.09. The summed E-state index contributed by atoms with van der Waals surface area (Å²) in [5.41, 5.74) is 1.30. The van der Waals surface area contributed by atoms with E-state index in [1.54, 1.807) is 0 Å². The lowest BCUT2D eigenvalue weighted by Crippen LogP contribution is -2.54. The van der Waals surface area contributed by atoms with Crippen molar-refractivity contribution in [3.05, 3.63) is 30.3 Å². The summed E-state index contributed by atoms with van der Waals surface area (Å²) < 4.78 is 5.50. The van der Waals surface area contributed by atoms with Crippen molar-refractivity contribution in [2.24, 2.45) is 0 Å². The van der Waals surface area contributed by atoms with E-state index in [-0.39, 0.29) is 18.2 Å². The molecule has 2 amide bonds. The number of carbonyl (C=O) groups is 1. The summed E-state index contributed by atoms with van der Waals surface area (Å²) in [6.45, 7) is 11.1. The maximum atomic E-state index is 12.4. The zero-order valence-electron chi connectivity index (χ0n) is 15.4. The highest BCUT2D eigenvalue weighted by atomic mass is 16.5. The Hall–Kier alpha value is -1.79. The number of anilines is 1. The second-order valence-electron chi connectivity index (χ2n) is 7.10. The molecule has 138 valence electrons. The van der Waals surface area contributed by atoms with E-state index in [1.807, 2.05) is 11.8 Å². The monoisotopic (exact) mass is 346 g/mol. The molecule has 1 N–H and O–H groups in total. The molecule has 0 saturated carbocycles. The van der Waals surface area contributed by atoms with Crippen molar-refractivity contribution in [1.82, 2.24) is 15.1 Å². The summed E-state index contributed by atoms with van der Waals surface area (Å²) in [7, 11) is 0. The third-order valence-corrected chi connectivity index (χ3v) is 4.92. The van der Waals surface area contributed by atoms with Gasteiger partial charge in [0.15, 0.2) is 0 Å². The molecule has 0 aromatic heterocycles. The molecule has 1 aromatic rings. The Kier molecular flexibility index (Phi) is 6.15. The lowest BCUT2D eigenvalue weighted by Gasteiger charge is -2.38. The van der Waals surface area contributed by atoms with E-state index in [9.17, 15) is 4.79 Å². The first-order valence-electron chi connectivity index (χ1n) is 9.31. The lowest BCUT2D eigenvalue weighted by atomic mass is 10.2. The van der Waals surface area contributed by atoms with Crippen molar-refractivity contribution in [1.29, 1.82) is 0 Å². The van der Waals surface area contributed by atoms with Crippen molar-refractivity contribution in [3.63, 3.8) is 0 Å². The molecule has 2 atom stereocenters. The Morgan fingerprint density at radius 2 is 1.92 bits per heavy atom. The minimum atomic E-state index is 0.0329. The van der Waals surface area contributed by atoms with Gasteiger partial charge in [-0.05, 0) is 26.0 Å². The van der Waals surface area contributed by atoms with Gasteiger partial charge in [0.25, 0.3) is 0 Å². The maximum absolute atomic E-state index is 12.4. The number of hydrogen-bond acceptors (Lipinski definition) is 4. The van der Waals surface area contributed by atoms with Gasteiger partial charge in [-0.3, -0.25) is 4.90 Å². The van der Waals surface area contributed by atoms with Gasteiger partial charge in [0.1, 0.15) is 0 Å². The number of ether oxygens (including phenoxy) is 1. The van der Waals surface area contributed by atoms with Crippen molar-refractivity contribution in [2.75, 3.05) is 57.3 Å². The first-order valence-corrected chi connectivity index (χ1v) is 9.31. The summed E-state index contributed by atoms with van der Waals surface area (Å²) in [4.78, 5) is 19.1. The predicted octanol–water partition coefficient (Wildman–Crippen LogP) is 1.63. The van der Waals surface area contributed by atoms with Crippen molar-refractivity contribution >= 4 is 11.7 Å². The molecule has 0 radical (unpaired) electrons. The van der Waals surface area contributed by atoms with Crippen LogP contribution in [-0.2, 0) is 4.74 Å².